The van der Waals surface area contributed by atoms with E-state index in [9.17, 15) is 18.0 Å². The van der Waals surface area contributed by atoms with Gasteiger partial charge >= 0.3 is 6.18 Å². The second-order valence-electron chi connectivity index (χ2n) is 5.92. The van der Waals surface area contributed by atoms with Gasteiger partial charge in [-0.15, -0.1) is 0 Å². The lowest BCUT2D eigenvalue weighted by molar-refractivity contribution is -0.137. The SMILES string of the molecule is O=C(Nc1cccc(C(F)(F)F)c1)[C@@H](Nc1ccccc1)c1ccccc1. The van der Waals surface area contributed by atoms with E-state index in [1.54, 1.807) is 24.3 Å². The number of alkyl halides is 3. The minimum Gasteiger partial charge on any atom is -0.370 e. The molecule has 0 saturated carbocycles. The van der Waals surface area contributed by atoms with E-state index in [-0.39, 0.29) is 5.69 Å². The molecule has 6 heteroatoms. The molecule has 0 aromatic heterocycles. The molecule has 3 rings (SSSR count). The van der Waals surface area contributed by atoms with E-state index in [1.807, 2.05) is 36.4 Å². The Morgan fingerprint density at radius 1 is 0.778 bits per heavy atom. The van der Waals surface area contributed by atoms with Crippen molar-refractivity contribution in [1.82, 2.24) is 0 Å². The summed E-state index contributed by atoms with van der Waals surface area (Å²) in [6, 6.07) is 21.9. The summed E-state index contributed by atoms with van der Waals surface area (Å²) < 4.78 is 38.7. The zero-order valence-corrected chi connectivity index (χ0v) is 14.2. The van der Waals surface area contributed by atoms with Crippen LogP contribution in [0, 0.1) is 0 Å². The van der Waals surface area contributed by atoms with Crippen molar-refractivity contribution in [2.45, 2.75) is 12.2 Å². The summed E-state index contributed by atoms with van der Waals surface area (Å²) in [5.74, 6) is -0.454. The van der Waals surface area contributed by atoms with Gasteiger partial charge in [0.25, 0.3) is 5.91 Å². The lowest BCUT2D eigenvalue weighted by Gasteiger charge is -2.20. The first-order valence-corrected chi connectivity index (χ1v) is 8.28. The molecule has 0 aliphatic carbocycles. The number of para-hydroxylation sites is 1. The normalized spacial score (nSPS) is 12.3. The molecule has 0 unspecified atom stereocenters. The fraction of sp³-hybridized carbons (Fsp3) is 0.0952. The summed E-state index contributed by atoms with van der Waals surface area (Å²) >= 11 is 0. The van der Waals surface area contributed by atoms with Crippen LogP contribution in [0.4, 0.5) is 24.5 Å². The fourth-order valence-electron chi connectivity index (χ4n) is 2.63. The van der Waals surface area contributed by atoms with Gasteiger partial charge in [-0.25, -0.2) is 0 Å². The highest BCUT2D eigenvalue weighted by molar-refractivity contribution is 5.97. The summed E-state index contributed by atoms with van der Waals surface area (Å²) in [6.45, 7) is 0. The van der Waals surface area contributed by atoms with Gasteiger partial charge in [0, 0.05) is 11.4 Å². The number of amides is 1. The third-order valence-corrected chi connectivity index (χ3v) is 3.94. The van der Waals surface area contributed by atoms with Crippen molar-refractivity contribution in [2.75, 3.05) is 10.6 Å². The Bertz CT molecular complexity index is 896. The smallest absolute Gasteiger partial charge is 0.370 e. The van der Waals surface area contributed by atoms with Gasteiger partial charge in [0.1, 0.15) is 6.04 Å². The lowest BCUT2D eigenvalue weighted by atomic mass is 10.1. The van der Waals surface area contributed by atoms with E-state index in [2.05, 4.69) is 10.6 Å². The number of hydrogen-bond donors (Lipinski definition) is 2. The number of carbonyl (C=O) groups excluding carboxylic acids is 1. The first-order chi connectivity index (χ1) is 12.9. The summed E-state index contributed by atoms with van der Waals surface area (Å²) in [5.41, 5.74) is 0.703. The van der Waals surface area contributed by atoms with Crippen molar-refractivity contribution in [1.29, 1.82) is 0 Å². The van der Waals surface area contributed by atoms with Crippen LogP contribution in [-0.4, -0.2) is 5.91 Å². The average Bonchev–Trinajstić information content (AvgIpc) is 2.67. The van der Waals surface area contributed by atoms with Crippen molar-refractivity contribution in [3.8, 4) is 0 Å². The van der Waals surface area contributed by atoms with Crippen LogP contribution in [0.1, 0.15) is 17.2 Å². The first-order valence-electron chi connectivity index (χ1n) is 8.28. The molecule has 0 spiro atoms. The zero-order valence-electron chi connectivity index (χ0n) is 14.2. The largest absolute Gasteiger partial charge is 0.416 e. The topological polar surface area (TPSA) is 41.1 Å². The van der Waals surface area contributed by atoms with Crippen molar-refractivity contribution < 1.29 is 18.0 Å². The predicted molar refractivity (Wildman–Crippen MR) is 99.3 cm³/mol. The molecule has 0 radical (unpaired) electrons. The number of carbonyl (C=O) groups is 1. The van der Waals surface area contributed by atoms with Crippen molar-refractivity contribution in [2.24, 2.45) is 0 Å². The summed E-state index contributed by atoms with van der Waals surface area (Å²) in [4.78, 5) is 12.8. The third kappa shape index (κ3) is 4.88. The second-order valence-corrected chi connectivity index (χ2v) is 5.92. The number of nitrogens with one attached hydrogen (secondary N) is 2. The highest BCUT2D eigenvalue weighted by Gasteiger charge is 2.30. The number of benzene rings is 3. The molecule has 0 bridgehead atoms. The van der Waals surface area contributed by atoms with E-state index < -0.39 is 23.7 Å². The maximum Gasteiger partial charge on any atom is 0.416 e. The van der Waals surface area contributed by atoms with E-state index >= 15 is 0 Å². The molecule has 0 aliphatic heterocycles. The number of halogens is 3. The van der Waals surface area contributed by atoms with Gasteiger partial charge in [0.05, 0.1) is 5.56 Å². The summed E-state index contributed by atoms with van der Waals surface area (Å²) in [6.07, 6.45) is -4.47. The molecule has 27 heavy (non-hydrogen) atoms. The van der Waals surface area contributed by atoms with Crippen LogP contribution in [0.3, 0.4) is 0 Å². The molecular weight excluding hydrogens is 353 g/mol. The van der Waals surface area contributed by atoms with Gasteiger partial charge < -0.3 is 10.6 Å². The standard InChI is InChI=1S/C21H17F3N2O/c22-21(23,24)16-10-7-13-18(14-16)26-20(27)19(15-8-3-1-4-9-15)25-17-11-5-2-6-12-17/h1-14,19,25H,(H,26,27)/t19-/m0/s1. The quantitative estimate of drug-likeness (QED) is 0.623. The van der Waals surface area contributed by atoms with Crippen LogP contribution in [0.25, 0.3) is 0 Å². The molecule has 0 heterocycles. The van der Waals surface area contributed by atoms with Crippen LogP contribution >= 0.6 is 0 Å². The Morgan fingerprint density at radius 3 is 2.00 bits per heavy atom. The first kappa shape index (κ1) is 18.5. The molecule has 0 saturated heterocycles. The van der Waals surface area contributed by atoms with E-state index in [1.165, 1.54) is 12.1 Å². The highest BCUT2D eigenvalue weighted by atomic mass is 19.4. The molecule has 2 N–H and O–H groups in total. The van der Waals surface area contributed by atoms with E-state index in [0.717, 1.165) is 17.8 Å². The Labute approximate surface area is 154 Å². The van der Waals surface area contributed by atoms with E-state index in [0.29, 0.717) is 5.56 Å². The lowest BCUT2D eigenvalue weighted by Crippen LogP contribution is -2.27. The van der Waals surface area contributed by atoms with Crippen molar-refractivity contribution in [3.63, 3.8) is 0 Å². The van der Waals surface area contributed by atoms with Crippen LogP contribution < -0.4 is 10.6 Å². The third-order valence-electron chi connectivity index (χ3n) is 3.94. The number of rotatable bonds is 5. The molecule has 3 aromatic rings. The molecule has 1 atom stereocenters. The minimum atomic E-state index is -4.47. The Hall–Kier alpha value is -3.28. The summed E-state index contributed by atoms with van der Waals surface area (Å²) in [7, 11) is 0. The summed E-state index contributed by atoms with van der Waals surface area (Å²) in [5, 5.41) is 5.70. The van der Waals surface area contributed by atoms with Gasteiger partial charge in [-0.3, -0.25) is 4.79 Å². The van der Waals surface area contributed by atoms with E-state index in [4.69, 9.17) is 0 Å². The zero-order chi connectivity index (χ0) is 19.3. The van der Waals surface area contributed by atoms with Gasteiger partial charge in [-0.2, -0.15) is 13.2 Å². The van der Waals surface area contributed by atoms with Crippen molar-refractivity contribution in [3.05, 3.63) is 96.1 Å². The Morgan fingerprint density at radius 2 is 1.37 bits per heavy atom. The Balaban J connectivity index is 1.85. The average molecular weight is 370 g/mol. The molecule has 0 fully saturated rings. The van der Waals surface area contributed by atoms with Gasteiger partial charge in [0.15, 0.2) is 0 Å². The highest BCUT2D eigenvalue weighted by Crippen LogP contribution is 2.31. The molecular formula is C21H17F3N2O. The fourth-order valence-corrected chi connectivity index (χ4v) is 2.63. The van der Waals surface area contributed by atoms with Gasteiger partial charge in [-0.1, -0.05) is 54.6 Å². The molecule has 3 aromatic carbocycles. The molecule has 3 nitrogen and oxygen atoms in total. The van der Waals surface area contributed by atoms with Gasteiger partial charge in [-0.05, 0) is 35.9 Å². The molecule has 138 valence electrons. The minimum absolute atomic E-state index is 0.0885. The van der Waals surface area contributed by atoms with Gasteiger partial charge in [0.2, 0.25) is 0 Å². The maximum atomic E-state index is 12.9. The molecule has 1 amide bonds. The van der Waals surface area contributed by atoms with Crippen LogP contribution in [0.15, 0.2) is 84.9 Å². The molecule has 0 aliphatic rings. The maximum absolute atomic E-state index is 12.9. The second kappa shape index (κ2) is 7.95. The Kier molecular flexibility index (Phi) is 5.45. The van der Waals surface area contributed by atoms with Crippen LogP contribution in [0.5, 0.6) is 0 Å². The van der Waals surface area contributed by atoms with Crippen molar-refractivity contribution >= 4 is 17.3 Å². The van der Waals surface area contributed by atoms with Crippen LogP contribution in [0.2, 0.25) is 0 Å². The van der Waals surface area contributed by atoms with Crippen LogP contribution in [-0.2, 0) is 11.0 Å². The predicted octanol–water partition coefficient (Wildman–Crippen LogP) is 5.50. The monoisotopic (exact) mass is 370 g/mol. The number of hydrogen-bond acceptors (Lipinski definition) is 2. The number of anilines is 2.